The number of nitrogens with one attached hydrogen (secondary N) is 1. The fraction of sp³-hybridized carbons (Fsp3) is 0.543. The summed E-state index contributed by atoms with van der Waals surface area (Å²) < 4.78 is 6.42. The molecule has 2 aromatic carbocycles. The van der Waals surface area contributed by atoms with Gasteiger partial charge < -0.3 is 19.9 Å². The molecule has 1 aliphatic carbocycles. The molecule has 1 saturated carbocycles. The Morgan fingerprint density at radius 2 is 1.77 bits per heavy atom. The van der Waals surface area contributed by atoms with E-state index in [0.29, 0.717) is 41.9 Å². The standard InChI is InChI=1S/C35H45N5O3S/c1-23(2)34-37-38-35(44-34)25-11-13-30(14-12-25)43-31-20-26(9-10-27(31)22-40-21-24(3)19-32(40)41)33(42)36-28-15-17-39(18-16-28)29-7-5-4-6-8-29/h9-14,20,23-24,28-29H,4-8,15-19,21-22H2,1-3H3,(H,36,42). The van der Waals surface area contributed by atoms with E-state index in [1.54, 1.807) is 11.3 Å². The van der Waals surface area contributed by atoms with Crippen LogP contribution in [-0.4, -0.2) is 63.5 Å². The predicted molar refractivity (Wildman–Crippen MR) is 174 cm³/mol. The number of benzene rings is 2. The Morgan fingerprint density at radius 3 is 2.43 bits per heavy atom. The zero-order valence-corrected chi connectivity index (χ0v) is 27.1. The zero-order valence-electron chi connectivity index (χ0n) is 26.3. The van der Waals surface area contributed by atoms with E-state index in [1.165, 1.54) is 32.1 Å². The van der Waals surface area contributed by atoms with Crippen LogP contribution in [0.1, 0.15) is 99.0 Å². The van der Waals surface area contributed by atoms with Gasteiger partial charge >= 0.3 is 0 Å². The summed E-state index contributed by atoms with van der Waals surface area (Å²) in [4.78, 5) is 30.6. The van der Waals surface area contributed by atoms with Crippen LogP contribution in [0.15, 0.2) is 42.5 Å². The van der Waals surface area contributed by atoms with E-state index in [9.17, 15) is 9.59 Å². The average molecular weight is 616 g/mol. The smallest absolute Gasteiger partial charge is 0.251 e. The van der Waals surface area contributed by atoms with E-state index in [1.807, 2.05) is 47.4 Å². The van der Waals surface area contributed by atoms with Crippen LogP contribution in [0.3, 0.4) is 0 Å². The second-order valence-electron chi connectivity index (χ2n) is 13.2. The van der Waals surface area contributed by atoms with Crippen LogP contribution in [-0.2, 0) is 11.3 Å². The molecular formula is C35H45N5O3S. The number of hydrogen-bond donors (Lipinski definition) is 1. The van der Waals surface area contributed by atoms with Crippen LogP contribution >= 0.6 is 11.3 Å². The SMILES string of the molecule is CC1CC(=O)N(Cc2ccc(C(=O)NC3CCN(C4CCCCC4)CC3)cc2Oc2ccc(-c3nnc(C(C)C)s3)cc2)C1. The molecule has 0 radical (unpaired) electrons. The first-order valence-corrected chi connectivity index (χ1v) is 17.2. The lowest BCUT2D eigenvalue weighted by atomic mass is 9.92. The number of rotatable bonds is 9. The summed E-state index contributed by atoms with van der Waals surface area (Å²) in [6, 6.07) is 14.4. The molecule has 1 aromatic heterocycles. The van der Waals surface area contributed by atoms with Gasteiger partial charge in [-0.05, 0) is 68.0 Å². The quantitative estimate of drug-likeness (QED) is 0.279. The van der Waals surface area contributed by atoms with Gasteiger partial charge in [0.05, 0.1) is 0 Å². The normalized spacial score (nSPS) is 20.4. The number of amides is 2. The summed E-state index contributed by atoms with van der Waals surface area (Å²) in [5.74, 6) is 2.03. The van der Waals surface area contributed by atoms with E-state index < -0.39 is 0 Å². The number of aromatic nitrogens is 2. The molecule has 234 valence electrons. The second-order valence-corrected chi connectivity index (χ2v) is 14.2. The minimum atomic E-state index is -0.0732. The lowest BCUT2D eigenvalue weighted by molar-refractivity contribution is -0.128. The monoisotopic (exact) mass is 615 g/mol. The maximum absolute atomic E-state index is 13.4. The first-order valence-electron chi connectivity index (χ1n) is 16.4. The molecule has 0 spiro atoms. The van der Waals surface area contributed by atoms with Gasteiger partial charge in [0.15, 0.2) is 0 Å². The third-order valence-electron chi connectivity index (χ3n) is 9.32. The molecule has 1 N–H and O–H groups in total. The van der Waals surface area contributed by atoms with E-state index in [-0.39, 0.29) is 17.9 Å². The van der Waals surface area contributed by atoms with Gasteiger partial charge in [-0.15, -0.1) is 10.2 Å². The number of nitrogens with zero attached hydrogens (tertiary/aromatic N) is 4. The molecule has 2 aliphatic heterocycles. The van der Waals surface area contributed by atoms with Gasteiger partial charge in [0.2, 0.25) is 5.91 Å². The first-order chi connectivity index (χ1) is 21.3. The highest BCUT2D eigenvalue weighted by Gasteiger charge is 2.29. The zero-order chi connectivity index (χ0) is 30.6. The van der Waals surface area contributed by atoms with E-state index in [2.05, 4.69) is 41.2 Å². The Hall–Kier alpha value is -3.30. The van der Waals surface area contributed by atoms with Crippen molar-refractivity contribution in [3.8, 4) is 22.1 Å². The minimum Gasteiger partial charge on any atom is -0.457 e. The summed E-state index contributed by atoms with van der Waals surface area (Å²) >= 11 is 1.60. The van der Waals surface area contributed by atoms with Gasteiger partial charge in [-0.3, -0.25) is 9.59 Å². The van der Waals surface area contributed by atoms with Crippen LogP contribution < -0.4 is 10.1 Å². The second kappa shape index (κ2) is 13.8. The summed E-state index contributed by atoms with van der Waals surface area (Å²) in [6.45, 7) is 9.63. The number of likely N-dealkylation sites (tertiary alicyclic amines) is 2. The van der Waals surface area contributed by atoms with Gasteiger partial charge in [0.25, 0.3) is 5.91 Å². The molecule has 1 atom stereocenters. The fourth-order valence-electron chi connectivity index (χ4n) is 6.75. The summed E-state index contributed by atoms with van der Waals surface area (Å²) in [5.41, 5.74) is 2.45. The van der Waals surface area contributed by atoms with Crippen molar-refractivity contribution in [2.75, 3.05) is 19.6 Å². The van der Waals surface area contributed by atoms with Crippen LogP contribution in [0, 0.1) is 5.92 Å². The van der Waals surface area contributed by atoms with Gasteiger partial charge in [0, 0.05) is 67.3 Å². The Morgan fingerprint density at radius 1 is 1.02 bits per heavy atom. The Kier molecular flexibility index (Phi) is 9.62. The van der Waals surface area contributed by atoms with Crippen molar-refractivity contribution in [2.24, 2.45) is 5.92 Å². The van der Waals surface area contributed by atoms with E-state index >= 15 is 0 Å². The van der Waals surface area contributed by atoms with E-state index in [0.717, 1.165) is 59.7 Å². The number of ether oxygens (including phenoxy) is 1. The van der Waals surface area contributed by atoms with Crippen LogP contribution in [0.4, 0.5) is 0 Å². The highest BCUT2D eigenvalue weighted by Crippen LogP contribution is 2.33. The van der Waals surface area contributed by atoms with Crippen molar-refractivity contribution >= 4 is 23.2 Å². The first kappa shape index (κ1) is 30.7. The molecule has 44 heavy (non-hydrogen) atoms. The van der Waals surface area contributed by atoms with Crippen molar-refractivity contribution in [1.29, 1.82) is 0 Å². The number of piperidine rings is 1. The van der Waals surface area contributed by atoms with E-state index in [4.69, 9.17) is 4.74 Å². The lowest BCUT2D eigenvalue weighted by Crippen LogP contribution is -2.48. The van der Waals surface area contributed by atoms with Crippen molar-refractivity contribution in [1.82, 2.24) is 25.3 Å². The third kappa shape index (κ3) is 7.32. The molecule has 8 nitrogen and oxygen atoms in total. The molecule has 2 saturated heterocycles. The largest absolute Gasteiger partial charge is 0.457 e. The number of carbonyl (C=O) groups excluding carboxylic acids is 2. The maximum Gasteiger partial charge on any atom is 0.251 e. The Balaban J connectivity index is 1.15. The molecule has 3 aromatic rings. The molecule has 0 bridgehead atoms. The summed E-state index contributed by atoms with van der Waals surface area (Å²) in [7, 11) is 0. The van der Waals surface area contributed by atoms with Crippen molar-refractivity contribution in [2.45, 2.75) is 96.7 Å². The van der Waals surface area contributed by atoms with Gasteiger partial charge in [-0.2, -0.15) is 0 Å². The van der Waals surface area contributed by atoms with Crippen LogP contribution in [0.2, 0.25) is 0 Å². The molecular weight excluding hydrogens is 570 g/mol. The van der Waals surface area contributed by atoms with Crippen LogP contribution in [0.25, 0.3) is 10.6 Å². The van der Waals surface area contributed by atoms with Crippen molar-refractivity contribution in [3.63, 3.8) is 0 Å². The molecule has 6 rings (SSSR count). The maximum atomic E-state index is 13.4. The fourth-order valence-corrected chi connectivity index (χ4v) is 7.60. The highest BCUT2D eigenvalue weighted by molar-refractivity contribution is 7.14. The van der Waals surface area contributed by atoms with Gasteiger partial charge in [0.1, 0.15) is 21.5 Å². The lowest BCUT2D eigenvalue weighted by Gasteiger charge is -2.39. The predicted octanol–water partition coefficient (Wildman–Crippen LogP) is 7.02. The average Bonchev–Trinajstić information content (AvgIpc) is 3.65. The molecule has 9 heteroatoms. The summed E-state index contributed by atoms with van der Waals surface area (Å²) in [5, 5.41) is 13.9. The number of hydrogen-bond acceptors (Lipinski definition) is 7. The molecule has 2 amide bonds. The van der Waals surface area contributed by atoms with Crippen molar-refractivity contribution in [3.05, 3.63) is 58.6 Å². The topological polar surface area (TPSA) is 87.7 Å². The molecule has 3 fully saturated rings. The molecule has 3 aliphatic rings. The third-order valence-corrected chi connectivity index (χ3v) is 10.6. The number of carbonyl (C=O) groups is 2. The molecule has 3 heterocycles. The minimum absolute atomic E-state index is 0.0732. The van der Waals surface area contributed by atoms with Crippen molar-refractivity contribution < 1.29 is 14.3 Å². The van der Waals surface area contributed by atoms with Gasteiger partial charge in [-0.25, -0.2) is 0 Å². The highest BCUT2D eigenvalue weighted by atomic mass is 32.1. The van der Waals surface area contributed by atoms with Gasteiger partial charge in [-0.1, -0.05) is 57.4 Å². The van der Waals surface area contributed by atoms with Crippen LogP contribution in [0.5, 0.6) is 11.5 Å². The Bertz CT molecular complexity index is 1440. The Labute approximate surface area is 265 Å². The molecule has 1 unspecified atom stereocenters. The summed E-state index contributed by atoms with van der Waals surface area (Å²) in [6.07, 6.45) is 9.24.